The summed E-state index contributed by atoms with van der Waals surface area (Å²) in [6, 6.07) is 9.52. The Bertz CT molecular complexity index is 316. The molecule has 0 saturated carbocycles. The summed E-state index contributed by atoms with van der Waals surface area (Å²) < 4.78 is 0. The number of carboxylic acids is 1. The number of hydrogen-bond donors (Lipinski definition) is 2. The summed E-state index contributed by atoms with van der Waals surface area (Å²) in [7, 11) is 0. The molecule has 0 heterocycles. The molecule has 1 aromatic rings. The number of rotatable bonds is 5. The summed E-state index contributed by atoms with van der Waals surface area (Å²) in [4.78, 5) is 11.8. The van der Waals surface area contributed by atoms with E-state index in [9.17, 15) is 4.79 Å². The minimum Gasteiger partial charge on any atom is -0.481 e. The van der Waals surface area contributed by atoms with Crippen LogP contribution in [0.2, 0.25) is 0 Å². The third-order valence-corrected chi connectivity index (χ3v) is 3.37. The fraction of sp³-hybridized carbons (Fsp3) is 0.364. The van der Waals surface area contributed by atoms with E-state index in [1.807, 2.05) is 30.3 Å². The molecule has 1 unspecified atom stereocenters. The quantitative estimate of drug-likeness (QED) is 0.750. The molecule has 0 aromatic heterocycles. The molecule has 0 radical (unpaired) electrons. The zero-order chi connectivity index (χ0) is 11.3. The van der Waals surface area contributed by atoms with Crippen molar-refractivity contribution in [3.63, 3.8) is 0 Å². The summed E-state index contributed by atoms with van der Waals surface area (Å²) >= 11 is 1.59. The van der Waals surface area contributed by atoms with Gasteiger partial charge < -0.3 is 10.8 Å². The first-order valence-electron chi connectivity index (χ1n) is 4.77. The van der Waals surface area contributed by atoms with Gasteiger partial charge >= 0.3 is 5.97 Å². The lowest BCUT2D eigenvalue weighted by Gasteiger charge is -2.15. The molecular weight excluding hydrogens is 210 g/mol. The van der Waals surface area contributed by atoms with Gasteiger partial charge in [0.25, 0.3) is 0 Å². The Hall–Kier alpha value is -1.00. The summed E-state index contributed by atoms with van der Waals surface area (Å²) in [6.07, 6.45) is 0. The average Bonchev–Trinajstić information content (AvgIpc) is 2.26. The summed E-state index contributed by atoms with van der Waals surface area (Å²) in [5.41, 5.74) is 5.76. The maximum Gasteiger partial charge on any atom is 0.307 e. The van der Waals surface area contributed by atoms with E-state index in [4.69, 9.17) is 10.8 Å². The molecular formula is C11H15NO2S. The van der Waals surface area contributed by atoms with Gasteiger partial charge in [-0.3, -0.25) is 4.79 Å². The maximum absolute atomic E-state index is 10.7. The maximum atomic E-state index is 10.7. The predicted octanol–water partition coefficient (Wildman–Crippen LogP) is 1.83. The summed E-state index contributed by atoms with van der Waals surface area (Å²) in [5.74, 6) is -0.713. The fourth-order valence-electron chi connectivity index (χ4n) is 1.04. The second kappa shape index (κ2) is 5.78. The third kappa shape index (κ3) is 3.93. The second-order valence-electron chi connectivity index (χ2n) is 3.41. The standard InChI is InChI=1S/C11H15NO2S/c1-8(11(13)14)10(12)7-15-9-5-3-2-4-6-9/h2-6,8,10H,7,12H2,1H3,(H,13,14)/t8?,10-/m1/s1. The molecule has 1 rings (SSSR count). The highest BCUT2D eigenvalue weighted by Gasteiger charge is 2.19. The van der Waals surface area contributed by atoms with Crippen LogP contribution >= 0.6 is 11.8 Å². The van der Waals surface area contributed by atoms with Gasteiger partial charge in [0.2, 0.25) is 0 Å². The van der Waals surface area contributed by atoms with Crippen LogP contribution in [0.25, 0.3) is 0 Å². The minimum atomic E-state index is -0.837. The molecule has 2 atom stereocenters. The molecule has 4 heteroatoms. The van der Waals surface area contributed by atoms with Gasteiger partial charge in [0.05, 0.1) is 5.92 Å². The van der Waals surface area contributed by atoms with E-state index in [1.54, 1.807) is 18.7 Å². The zero-order valence-electron chi connectivity index (χ0n) is 8.59. The van der Waals surface area contributed by atoms with Crippen LogP contribution in [0.5, 0.6) is 0 Å². The predicted molar refractivity (Wildman–Crippen MR) is 61.9 cm³/mol. The van der Waals surface area contributed by atoms with Crippen LogP contribution in [0.3, 0.4) is 0 Å². The van der Waals surface area contributed by atoms with Gasteiger partial charge in [0.15, 0.2) is 0 Å². The van der Waals surface area contributed by atoms with Gasteiger partial charge in [0.1, 0.15) is 0 Å². The van der Waals surface area contributed by atoms with Gasteiger partial charge in [-0.1, -0.05) is 25.1 Å². The van der Waals surface area contributed by atoms with Crippen LogP contribution in [0.15, 0.2) is 35.2 Å². The molecule has 0 spiro atoms. The van der Waals surface area contributed by atoms with Crippen molar-refractivity contribution < 1.29 is 9.90 Å². The van der Waals surface area contributed by atoms with Gasteiger partial charge in [-0.2, -0.15) is 0 Å². The highest BCUT2D eigenvalue weighted by Crippen LogP contribution is 2.19. The molecule has 0 fully saturated rings. The highest BCUT2D eigenvalue weighted by atomic mass is 32.2. The van der Waals surface area contributed by atoms with Crippen LogP contribution in [0.1, 0.15) is 6.92 Å². The molecule has 0 amide bonds. The first-order valence-corrected chi connectivity index (χ1v) is 5.76. The van der Waals surface area contributed by atoms with Crippen LogP contribution in [-0.2, 0) is 4.79 Å². The van der Waals surface area contributed by atoms with E-state index in [2.05, 4.69) is 0 Å². The Balaban J connectivity index is 2.41. The number of nitrogens with two attached hydrogens (primary N) is 1. The molecule has 3 nitrogen and oxygen atoms in total. The number of carboxylic acid groups (broad SMARTS) is 1. The van der Waals surface area contributed by atoms with Crippen molar-refractivity contribution in [1.29, 1.82) is 0 Å². The summed E-state index contributed by atoms with van der Waals surface area (Å²) in [5, 5.41) is 8.76. The number of benzene rings is 1. The van der Waals surface area contributed by atoms with Crippen LogP contribution in [-0.4, -0.2) is 22.9 Å². The molecule has 0 aliphatic carbocycles. The normalized spacial score (nSPS) is 14.5. The van der Waals surface area contributed by atoms with Crippen molar-refractivity contribution in [2.24, 2.45) is 11.7 Å². The van der Waals surface area contributed by atoms with Crippen molar-refractivity contribution in [2.45, 2.75) is 17.9 Å². The van der Waals surface area contributed by atoms with E-state index in [-0.39, 0.29) is 6.04 Å². The SMILES string of the molecule is CC(C(=O)O)[C@H](N)CSc1ccccc1. The van der Waals surface area contributed by atoms with Crippen molar-refractivity contribution >= 4 is 17.7 Å². The number of carbonyl (C=O) groups is 1. The Kier molecular flexibility index (Phi) is 4.65. The van der Waals surface area contributed by atoms with E-state index in [1.165, 1.54) is 0 Å². The lowest BCUT2D eigenvalue weighted by atomic mass is 10.1. The Labute approximate surface area is 93.7 Å². The highest BCUT2D eigenvalue weighted by molar-refractivity contribution is 7.99. The van der Waals surface area contributed by atoms with E-state index in [0.29, 0.717) is 5.75 Å². The molecule has 0 saturated heterocycles. The Morgan fingerprint density at radius 2 is 2.07 bits per heavy atom. The van der Waals surface area contributed by atoms with Crippen LogP contribution < -0.4 is 5.73 Å². The summed E-state index contributed by atoms with van der Waals surface area (Å²) in [6.45, 7) is 1.64. The monoisotopic (exact) mass is 225 g/mol. The molecule has 1 aromatic carbocycles. The van der Waals surface area contributed by atoms with Crippen molar-refractivity contribution in [1.82, 2.24) is 0 Å². The minimum absolute atomic E-state index is 0.312. The van der Waals surface area contributed by atoms with Gasteiger partial charge in [-0.25, -0.2) is 0 Å². The largest absolute Gasteiger partial charge is 0.481 e. The first kappa shape index (κ1) is 12.1. The molecule has 0 aliphatic rings. The van der Waals surface area contributed by atoms with Gasteiger partial charge in [0, 0.05) is 16.7 Å². The van der Waals surface area contributed by atoms with Crippen molar-refractivity contribution in [2.75, 3.05) is 5.75 Å². The van der Waals surface area contributed by atoms with E-state index < -0.39 is 11.9 Å². The van der Waals surface area contributed by atoms with Gasteiger partial charge in [-0.15, -0.1) is 11.8 Å². The van der Waals surface area contributed by atoms with Gasteiger partial charge in [-0.05, 0) is 12.1 Å². The van der Waals surface area contributed by atoms with E-state index >= 15 is 0 Å². The fourth-order valence-corrected chi connectivity index (χ4v) is 2.06. The van der Waals surface area contributed by atoms with Crippen molar-refractivity contribution in [3.8, 4) is 0 Å². The van der Waals surface area contributed by atoms with Crippen LogP contribution in [0.4, 0.5) is 0 Å². The number of hydrogen-bond acceptors (Lipinski definition) is 3. The van der Waals surface area contributed by atoms with Crippen molar-refractivity contribution in [3.05, 3.63) is 30.3 Å². The lowest BCUT2D eigenvalue weighted by Crippen LogP contribution is -2.35. The molecule has 82 valence electrons. The molecule has 0 aliphatic heterocycles. The molecule has 0 bridgehead atoms. The Morgan fingerprint density at radius 3 is 2.60 bits per heavy atom. The Morgan fingerprint density at radius 1 is 1.47 bits per heavy atom. The topological polar surface area (TPSA) is 63.3 Å². The number of thioether (sulfide) groups is 1. The lowest BCUT2D eigenvalue weighted by molar-refractivity contribution is -0.141. The van der Waals surface area contributed by atoms with Crippen LogP contribution in [0, 0.1) is 5.92 Å². The molecule has 15 heavy (non-hydrogen) atoms. The molecule has 3 N–H and O–H groups in total. The first-order chi connectivity index (χ1) is 7.11. The second-order valence-corrected chi connectivity index (χ2v) is 4.51. The zero-order valence-corrected chi connectivity index (χ0v) is 9.41. The van der Waals surface area contributed by atoms with E-state index in [0.717, 1.165) is 4.90 Å². The number of aliphatic carboxylic acids is 1. The average molecular weight is 225 g/mol. The smallest absolute Gasteiger partial charge is 0.307 e. The third-order valence-electron chi connectivity index (χ3n) is 2.22.